The number of benzene rings is 3. The van der Waals surface area contributed by atoms with E-state index in [9.17, 15) is 23.1 Å². The Labute approximate surface area is 199 Å². The number of carbonyl (C=O) groups is 1. The van der Waals surface area contributed by atoms with Gasteiger partial charge in [-0.05, 0) is 43.3 Å². The van der Waals surface area contributed by atoms with Crippen molar-refractivity contribution in [3.05, 3.63) is 106 Å². The maximum absolute atomic E-state index is 13.1. The summed E-state index contributed by atoms with van der Waals surface area (Å²) in [7, 11) is 0. The summed E-state index contributed by atoms with van der Waals surface area (Å²) in [5.41, 5.74) is 6.61. The van der Waals surface area contributed by atoms with Crippen LogP contribution in [-0.4, -0.2) is 22.9 Å². The zero-order valence-corrected chi connectivity index (χ0v) is 18.8. The van der Waals surface area contributed by atoms with E-state index in [0.717, 1.165) is 11.6 Å². The third kappa shape index (κ3) is 6.24. The standard InChI is InChI=1S/C25H21ClF3N3O2/c1-15-6-11-20(18(12-15)14-33)32-24(34)17-9-7-16(8-10-17)22(13-23(30)25(27,28)29)31-21-5-3-2-4-19(21)26/h2-13,33H,14,30H2,1H3,(H,32,34). The van der Waals surface area contributed by atoms with Crippen LogP contribution < -0.4 is 11.1 Å². The van der Waals surface area contributed by atoms with Crippen LogP contribution in [0.4, 0.5) is 24.5 Å². The number of nitrogens with one attached hydrogen (secondary N) is 1. The Morgan fingerprint density at radius 3 is 2.35 bits per heavy atom. The van der Waals surface area contributed by atoms with Gasteiger partial charge in [-0.2, -0.15) is 13.2 Å². The molecule has 0 fully saturated rings. The fourth-order valence-electron chi connectivity index (χ4n) is 3.04. The summed E-state index contributed by atoms with van der Waals surface area (Å²) in [6, 6.07) is 17.5. The Balaban J connectivity index is 1.94. The van der Waals surface area contributed by atoms with Crippen LogP contribution in [0.3, 0.4) is 0 Å². The molecular formula is C25H21ClF3N3O2. The zero-order valence-electron chi connectivity index (χ0n) is 18.0. The maximum Gasteiger partial charge on any atom is 0.430 e. The van der Waals surface area contributed by atoms with Gasteiger partial charge in [0.15, 0.2) is 0 Å². The first-order valence-corrected chi connectivity index (χ1v) is 10.5. The van der Waals surface area contributed by atoms with Gasteiger partial charge >= 0.3 is 6.18 Å². The van der Waals surface area contributed by atoms with Gasteiger partial charge in [0.25, 0.3) is 5.91 Å². The summed E-state index contributed by atoms with van der Waals surface area (Å²) < 4.78 is 39.2. The molecule has 0 atom stereocenters. The molecule has 1 amide bonds. The van der Waals surface area contributed by atoms with Crippen molar-refractivity contribution < 1.29 is 23.1 Å². The number of hydrogen-bond acceptors (Lipinski definition) is 4. The average molecular weight is 488 g/mol. The highest BCUT2D eigenvalue weighted by Crippen LogP contribution is 2.27. The second kappa shape index (κ2) is 10.5. The van der Waals surface area contributed by atoms with Crippen LogP contribution in [0.1, 0.15) is 27.0 Å². The van der Waals surface area contributed by atoms with Gasteiger partial charge in [-0.1, -0.05) is 53.6 Å². The Morgan fingerprint density at radius 1 is 1.09 bits per heavy atom. The number of alkyl halides is 3. The Bertz CT molecular complexity index is 1250. The first kappa shape index (κ1) is 25.0. The summed E-state index contributed by atoms with van der Waals surface area (Å²) in [6.45, 7) is 1.62. The number of aliphatic hydroxyl groups is 1. The van der Waals surface area contributed by atoms with Crippen LogP contribution in [0, 0.1) is 6.92 Å². The number of para-hydroxylation sites is 1. The molecule has 0 aliphatic heterocycles. The van der Waals surface area contributed by atoms with Gasteiger partial charge in [0.1, 0.15) is 5.70 Å². The molecule has 3 rings (SSSR count). The van der Waals surface area contributed by atoms with Gasteiger partial charge in [-0.3, -0.25) is 4.79 Å². The van der Waals surface area contributed by atoms with Crippen LogP contribution in [-0.2, 0) is 6.61 Å². The second-order valence-corrected chi connectivity index (χ2v) is 7.80. The molecule has 0 bridgehead atoms. The number of aliphatic hydroxyl groups excluding tert-OH is 1. The van der Waals surface area contributed by atoms with E-state index < -0.39 is 17.8 Å². The van der Waals surface area contributed by atoms with Crippen LogP contribution in [0.2, 0.25) is 5.02 Å². The van der Waals surface area contributed by atoms with Gasteiger partial charge in [0, 0.05) is 22.4 Å². The number of carbonyl (C=O) groups excluding carboxylic acids is 1. The van der Waals surface area contributed by atoms with E-state index in [2.05, 4.69) is 10.3 Å². The Hall–Kier alpha value is -3.62. The van der Waals surface area contributed by atoms with Gasteiger partial charge < -0.3 is 16.2 Å². The summed E-state index contributed by atoms with van der Waals surface area (Å²) in [5, 5.41) is 12.5. The highest BCUT2D eigenvalue weighted by Gasteiger charge is 2.31. The highest BCUT2D eigenvalue weighted by molar-refractivity contribution is 6.33. The summed E-state index contributed by atoms with van der Waals surface area (Å²) in [5.74, 6) is -0.444. The molecule has 34 heavy (non-hydrogen) atoms. The maximum atomic E-state index is 13.1. The van der Waals surface area contributed by atoms with E-state index in [1.165, 1.54) is 24.3 Å². The molecule has 0 saturated heterocycles. The number of aryl methyl sites for hydroxylation is 1. The van der Waals surface area contributed by atoms with Gasteiger partial charge in [0.05, 0.1) is 23.0 Å². The lowest BCUT2D eigenvalue weighted by Gasteiger charge is -2.12. The third-order valence-electron chi connectivity index (χ3n) is 4.84. The first-order chi connectivity index (χ1) is 16.1. The minimum atomic E-state index is -4.74. The summed E-state index contributed by atoms with van der Waals surface area (Å²) >= 11 is 6.11. The lowest BCUT2D eigenvalue weighted by Crippen LogP contribution is -2.21. The molecule has 0 radical (unpaired) electrons. The van der Waals surface area contributed by atoms with Crippen molar-refractivity contribution in [2.75, 3.05) is 5.32 Å². The fourth-order valence-corrected chi connectivity index (χ4v) is 3.22. The minimum Gasteiger partial charge on any atom is -0.395 e. The monoisotopic (exact) mass is 487 g/mol. The number of nitrogens with zero attached hydrogens (tertiary/aromatic N) is 1. The van der Waals surface area contributed by atoms with E-state index in [0.29, 0.717) is 16.8 Å². The first-order valence-electron chi connectivity index (χ1n) is 10.1. The lowest BCUT2D eigenvalue weighted by atomic mass is 10.0. The van der Waals surface area contributed by atoms with Gasteiger partial charge in [0.2, 0.25) is 0 Å². The molecule has 176 valence electrons. The van der Waals surface area contributed by atoms with E-state index in [-0.39, 0.29) is 28.6 Å². The molecule has 0 aliphatic rings. The number of amides is 1. The SMILES string of the molecule is Cc1ccc(NC(=O)c2ccc(C(C=C(N)C(F)(F)F)=Nc3ccccc3Cl)cc2)c(CO)c1. The van der Waals surface area contributed by atoms with Crippen LogP contribution >= 0.6 is 11.6 Å². The average Bonchev–Trinajstić information content (AvgIpc) is 2.80. The van der Waals surface area contributed by atoms with Gasteiger partial charge in [-0.25, -0.2) is 4.99 Å². The fraction of sp³-hybridized carbons (Fsp3) is 0.120. The number of rotatable bonds is 6. The van der Waals surface area contributed by atoms with Crippen molar-refractivity contribution in [2.45, 2.75) is 19.7 Å². The van der Waals surface area contributed by atoms with Crippen molar-refractivity contribution in [1.29, 1.82) is 0 Å². The minimum absolute atomic E-state index is 0.0732. The van der Waals surface area contributed by atoms with Crippen molar-refractivity contribution in [1.82, 2.24) is 0 Å². The molecule has 4 N–H and O–H groups in total. The van der Waals surface area contributed by atoms with Crippen LogP contribution in [0.15, 0.2) is 83.5 Å². The van der Waals surface area contributed by atoms with E-state index in [1.54, 1.807) is 42.5 Å². The number of anilines is 1. The number of halogens is 4. The molecular weight excluding hydrogens is 467 g/mol. The molecule has 0 unspecified atom stereocenters. The van der Waals surface area contributed by atoms with E-state index >= 15 is 0 Å². The predicted octanol–water partition coefficient (Wildman–Crippen LogP) is 5.92. The Morgan fingerprint density at radius 2 is 1.74 bits per heavy atom. The molecule has 0 heterocycles. The Kier molecular flexibility index (Phi) is 7.75. The van der Waals surface area contributed by atoms with E-state index in [1.807, 2.05) is 6.92 Å². The number of aliphatic imine (C=N–C) groups is 1. The molecule has 9 heteroatoms. The normalized spacial score (nSPS) is 12.5. The molecule has 0 saturated carbocycles. The zero-order chi connectivity index (χ0) is 24.9. The van der Waals surface area contributed by atoms with Crippen molar-refractivity contribution >= 4 is 34.6 Å². The quantitative estimate of drug-likeness (QED) is 0.377. The summed E-state index contributed by atoms with van der Waals surface area (Å²) in [4.78, 5) is 16.9. The number of hydrogen-bond donors (Lipinski definition) is 3. The smallest absolute Gasteiger partial charge is 0.395 e. The summed E-state index contributed by atoms with van der Waals surface area (Å²) in [6.07, 6.45) is -4.02. The van der Waals surface area contributed by atoms with Crippen molar-refractivity contribution in [2.24, 2.45) is 10.7 Å². The van der Waals surface area contributed by atoms with Gasteiger partial charge in [-0.15, -0.1) is 0 Å². The largest absolute Gasteiger partial charge is 0.430 e. The lowest BCUT2D eigenvalue weighted by molar-refractivity contribution is -0.0925. The molecule has 3 aromatic rings. The molecule has 0 aliphatic carbocycles. The molecule has 0 aromatic heterocycles. The molecule has 0 spiro atoms. The topological polar surface area (TPSA) is 87.7 Å². The molecule has 3 aromatic carbocycles. The van der Waals surface area contributed by atoms with Crippen molar-refractivity contribution in [3.63, 3.8) is 0 Å². The number of nitrogens with two attached hydrogens (primary N) is 1. The third-order valence-corrected chi connectivity index (χ3v) is 5.15. The van der Waals surface area contributed by atoms with E-state index in [4.69, 9.17) is 17.3 Å². The predicted molar refractivity (Wildman–Crippen MR) is 127 cm³/mol. The van der Waals surface area contributed by atoms with Crippen LogP contribution in [0.5, 0.6) is 0 Å². The molecule has 5 nitrogen and oxygen atoms in total. The highest BCUT2D eigenvalue weighted by atomic mass is 35.5. The number of allylic oxidation sites excluding steroid dienone is 2. The van der Waals surface area contributed by atoms with Crippen LogP contribution in [0.25, 0.3) is 0 Å². The van der Waals surface area contributed by atoms with Crippen molar-refractivity contribution in [3.8, 4) is 0 Å². The second-order valence-electron chi connectivity index (χ2n) is 7.40.